The summed E-state index contributed by atoms with van der Waals surface area (Å²) >= 11 is 0. The Hall–Kier alpha value is -0.311. The van der Waals surface area contributed by atoms with Gasteiger partial charge in [-0.3, -0.25) is 0 Å². The molecule has 25 heavy (non-hydrogen) atoms. The van der Waals surface area contributed by atoms with E-state index < -0.39 is 8.32 Å². The van der Waals surface area contributed by atoms with Crippen LogP contribution >= 0.6 is 0 Å². The molecule has 2 unspecified atom stereocenters. The summed E-state index contributed by atoms with van der Waals surface area (Å²) in [4.78, 5) is 0. The van der Waals surface area contributed by atoms with E-state index in [0.717, 1.165) is 24.2 Å². The molecule has 2 fully saturated rings. The maximum Gasteiger partial charge on any atom is 0.192 e. The molecule has 144 valence electrons. The van der Waals surface area contributed by atoms with E-state index in [1.807, 2.05) is 6.92 Å². The molecule has 2 atom stereocenters. The van der Waals surface area contributed by atoms with Crippen LogP contribution in [0.25, 0.3) is 0 Å². The van der Waals surface area contributed by atoms with Crippen LogP contribution in [-0.4, -0.2) is 33.2 Å². The van der Waals surface area contributed by atoms with Crippen molar-refractivity contribution in [3.8, 4) is 0 Å². The molecular formula is C20H31O3PdSi-. The average Bonchev–Trinajstić information content (AvgIpc) is 3.11. The Morgan fingerprint density at radius 2 is 2.00 bits per heavy atom. The van der Waals surface area contributed by atoms with Crippen molar-refractivity contribution >= 4 is 8.32 Å². The first-order valence-corrected chi connectivity index (χ1v) is 11.9. The fraction of sp³-hybridized carbons (Fsp3) is 0.650. The predicted molar refractivity (Wildman–Crippen MR) is 100 cm³/mol. The van der Waals surface area contributed by atoms with E-state index >= 15 is 0 Å². The van der Waals surface area contributed by atoms with Crippen LogP contribution in [0.2, 0.25) is 18.1 Å². The molecule has 0 aromatic carbocycles. The molecule has 0 aromatic heterocycles. The van der Waals surface area contributed by atoms with Gasteiger partial charge in [0.2, 0.25) is 0 Å². The van der Waals surface area contributed by atoms with Crippen molar-refractivity contribution in [1.82, 2.24) is 0 Å². The van der Waals surface area contributed by atoms with Crippen molar-refractivity contribution < 1.29 is 34.3 Å². The summed E-state index contributed by atoms with van der Waals surface area (Å²) in [5.74, 6) is 0.977. The van der Waals surface area contributed by atoms with Crippen LogP contribution in [0.4, 0.5) is 0 Å². The van der Waals surface area contributed by atoms with Gasteiger partial charge in [-0.1, -0.05) is 40.0 Å². The zero-order valence-electron chi connectivity index (χ0n) is 16.3. The molecule has 1 aliphatic carbocycles. The van der Waals surface area contributed by atoms with E-state index in [-0.39, 0.29) is 37.2 Å². The largest absolute Gasteiger partial charge is 0.585 e. The molecule has 1 spiro atoms. The van der Waals surface area contributed by atoms with Crippen molar-refractivity contribution in [2.75, 3.05) is 13.2 Å². The first kappa shape index (κ1) is 21.0. The van der Waals surface area contributed by atoms with Gasteiger partial charge in [-0.15, -0.1) is 0 Å². The molecule has 2 heterocycles. The maximum absolute atomic E-state index is 6.82. The van der Waals surface area contributed by atoms with E-state index in [1.165, 1.54) is 11.1 Å². The van der Waals surface area contributed by atoms with E-state index in [1.54, 1.807) is 0 Å². The van der Waals surface area contributed by atoms with Gasteiger partial charge < -0.3 is 13.9 Å². The Labute approximate surface area is 167 Å². The van der Waals surface area contributed by atoms with E-state index in [2.05, 4.69) is 52.9 Å². The summed E-state index contributed by atoms with van der Waals surface area (Å²) in [6.07, 6.45) is 6.37. The second-order valence-corrected chi connectivity index (χ2v) is 13.6. The van der Waals surface area contributed by atoms with Gasteiger partial charge in [0.05, 0.1) is 24.9 Å². The summed E-state index contributed by atoms with van der Waals surface area (Å²) in [6.45, 7) is 19.0. The van der Waals surface area contributed by atoms with Gasteiger partial charge in [0.15, 0.2) is 8.32 Å². The van der Waals surface area contributed by atoms with Crippen LogP contribution in [0.1, 0.15) is 40.5 Å². The van der Waals surface area contributed by atoms with Crippen molar-refractivity contribution in [3.63, 3.8) is 0 Å². The summed E-state index contributed by atoms with van der Waals surface area (Å²) in [5.41, 5.74) is 3.22. The summed E-state index contributed by atoms with van der Waals surface area (Å²) in [5, 5.41) is 0.191. The SMILES string of the molecule is C=C1COC/C1=C1\C(O[Si](C)(C)C(C)(C)C)CCC12[CH-]C=C(C)O2.[Pd]. The van der Waals surface area contributed by atoms with Gasteiger partial charge in [0.1, 0.15) is 0 Å². The van der Waals surface area contributed by atoms with Gasteiger partial charge in [-0.2, -0.15) is 12.5 Å². The molecule has 2 aliphatic heterocycles. The average molecular weight is 454 g/mol. The third kappa shape index (κ3) is 3.73. The van der Waals surface area contributed by atoms with E-state index in [4.69, 9.17) is 13.9 Å². The number of ether oxygens (including phenoxy) is 2. The van der Waals surface area contributed by atoms with Gasteiger partial charge in [-0.25, -0.2) is 0 Å². The second kappa shape index (κ2) is 7.02. The molecule has 0 radical (unpaired) electrons. The van der Waals surface area contributed by atoms with E-state index in [0.29, 0.717) is 13.2 Å². The minimum atomic E-state index is -1.86. The normalized spacial score (nSPS) is 32.5. The quantitative estimate of drug-likeness (QED) is 0.438. The second-order valence-electron chi connectivity index (χ2n) is 8.83. The van der Waals surface area contributed by atoms with Crippen molar-refractivity contribution in [1.29, 1.82) is 0 Å². The van der Waals surface area contributed by atoms with Crippen LogP contribution in [0.15, 0.2) is 35.1 Å². The minimum absolute atomic E-state index is 0. The molecule has 3 aliphatic rings. The van der Waals surface area contributed by atoms with Crippen LogP contribution in [0.5, 0.6) is 0 Å². The third-order valence-electron chi connectivity index (χ3n) is 6.00. The Kier molecular flexibility index (Phi) is 5.89. The Balaban J connectivity index is 0.00000225. The summed E-state index contributed by atoms with van der Waals surface area (Å²) in [7, 11) is -1.86. The number of allylic oxidation sites excluding steroid dienone is 1. The monoisotopic (exact) mass is 453 g/mol. The van der Waals surface area contributed by atoms with Crippen LogP contribution < -0.4 is 0 Å². The molecule has 0 aromatic rings. The summed E-state index contributed by atoms with van der Waals surface area (Å²) in [6, 6.07) is 0. The third-order valence-corrected chi connectivity index (χ3v) is 10.5. The smallest absolute Gasteiger partial charge is 0.192 e. The maximum atomic E-state index is 6.82. The van der Waals surface area contributed by atoms with Crippen LogP contribution in [-0.2, 0) is 34.3 Å². The minimum Gasteiger partial charge on any atom is -0.585 e. The fourth-order valence-corrected chi connectivity index (χ4v) is 4.92. The molecule has 3 nitrogen and oxygen atoms in total. The molecular weight excluding hydrogens is 423 g/mol. The standard InChI is InChI=1S/C20H31O3Si.Pd/c1-14-12-21-13-16(14)18-17(23-24(6,7)19(3,4)5)9-11-20(18)10-8-15(2)22-20;/h8,10,17H,1,9,11-13H2,2-7H3;/q-1;/b18-16-;. The molecule has 3 rings (SSSR count). The molecule has 0 N–H and O–H groups in total. The first-order chi connectivity index (χ1) is 11.1. The van der Waals surface area contributed by atoms with Gasteiger partial charge in [0.25, 0.3) is 0 Å². The van der Waals surface area contributed by atoms with Crippen LogP contribution in [0.3, 0.4) is 0 Å². The Morgan fingerprint density at radius 3 is 2.48 bits per heavy atom. The Bertz CT molecular complexity index is 615. The Morgan fingerprint density at radius 1 is 1.32 bits per heavy atom. The molecule has 1 saturated heterocycles. The first-order valence-electron chi connectivity index (χ1n) is 8.95. The molecule has 0 amide bonds. The van der Waals surface area contributed by atoms with Crippen molar-refractivity contribution in [2.24, 2.45) is 0 Å². The van der Waals surface area contributed by atoms with Gasteiger partial charge in [0, 0.05) is 20.4 Å². The number of rotatable bonds is 2. The van der Waals surface area contributed by atoms with E-state index in [9.17, 15) is 0 Å². The molecule has 1 saturated carbocycles. The predicted octanol–water partition coefficient (Wildman–Crippen LogP) is 4.93. The zero-order chi connectivity index (χ0) is 17.8. The van der Waals surface area contributed by atoms with Crippen molar-refractivity contribution in [3.05, 3.63) is 41.6 Å². The fourth-order valence-electron chi connectivity index (χ4n) is 3.62. The van der Waals surface area contributed by atoms with Crippen LogP contribution in [0, 0.1) is 6.42 Å². The zero-order valence-corrected chi connectivity index (χ0v) is 18.9. The molecule has 0 bridgehead atoms. The molecule has 5 heteroatoms. The summed E-state index contributed by atoms with van der Waals surface area (Å²) < 4.78 is 18.8. The number of hydrogen-bond donors (Lipinski definition) is 0. The van der Waals surface area contributed by atoms with Gasteiger partial charge >= 0.3 is 0 Å². The number of hydrogen-bond acceptors (Lipinski definition) is 3. The van der Waals surface area contributed by atoms with Crippen molar-refractivity contribution in [2.45, 2.75) is 70.4 Å². The van der Waals surface area contributed by atoms with Gasteiger partial charge in [-0.05, 0) is 47.7 Å². The topological polar surface area (TPSA) is 27.7 Å².